The number of hydrogen-bond donors (Lipinski definition) is 0. The molecule has 2 aliphatic rings. The number of aryl methyl sites for hydroxylation is 1. The van der Waals surface area contributed by atoms with Crippen LogP contribution in [0.4, 0.5) is 0 Å². The van der Waals surface area contributed by atoms with Crippen LogP contribution in [0.3, 0.4) is 0 Å². The Balaban J connectivity index is 1.78. The molecule has 5 nitrogen and oxygen atoms in total. The fourth-order valence-electron chi connectivity index (χ4n) is 3.52. The van der Waals surface area contributed by atoms with Gasteiger partial charge in [0.1, 0.15) is 5.69 Å². The molecule has 2 unspecified atom stereocenters. The monoisotopic (exact) mass is 248 g/mol. The minimum atomic E-state index is 0.169. The lowest BCUT2D eigenvalue weighted by atomic mass is 9.86. The number of carbonyl (C=O) groups is 1. The topological polar surface area (TPSA) is 51.0 Å². The Morgan fingerprint density at radius 2 is 2.06 bits per heavy atom. The number of fused-ring (bicyclic) bond motifs is 2. The molecule has 2 fully saturated rings. The number of Topliss-reactive ketones (excluding diaryl/α,β-unsaturated/α-hetero) is 1. The van der Waals surface area contributed by atoms with Crippen molar-refractivity contribution in [3.63, 3.8) is 0 Å². The molecule has 0 aliphatic carbocycles. The predicted octanol–water partition coefficient (Wildman–Crippen LogP) is 1.35. The summed E-state index contributed by atoms with van der Waals surface area (Å²) in [5, 5.41) is 7.81. The third-order valence-corrected chi connectivity index (χ3v) is 4.64. The lowest BCUT2D eigenvalue weighted by molar-refractivity contribution is 0.0756. The van der Waals surface area contributed by atoms with Gasteiger partial charge in [-0.15, -0.1) is 5.10 Å². The Labute approximate surface area is 107 Å². The van der Waals surface area contributed by atoms with Gasteiger partial charge in [-0.3, -0.25) is 4.79 Å². The SMILES string of the molecule is CCn1nncc1C(=O)C1CC2CCC(C1)N2C. The number of nitrogens with zero attached hydrogens (tertiary/aromatic N) is 4. The van der Waals surface area contributed by atoms with Gasteiger partial charge in [-0.25, -0.2) is 4.68 Å². The molecule has 1 aromatic rings. The van der Waals surface area contributed by atoms with E-state index >= 15 is 0 Å². The third-order valence-electron chi connectivity index (χ3n) is 4.64. The van der Waals surface area contributed by atoms with Gasteiger partial charge in [0, 0.05) is 24.5 Å². The number of piperidine rings is 1. The number of rotatable bonds is 3. The zero-order valence-electron chi connectivity index (χ0n) is 11.0. The van der Waals surface area contributed by atoms with Gasteiger partial charge in [-0.05, 0) is 39.7 Å². The van der Waals surface area contributed by atoms with Crippen LogP contribution in [0.15, 0.2) is 6.20 Å². The molecule has 2 saturated heterocycles. The van der Waals surface area contributed by atoms with E-state index in [9.17, 15) is 4.79 Å². The van der Waals surface area contributed by atoms with E-state index in [4.69, 9.17) is 0 Å². The highest BCUT2D eigenvalue weighted by Gasteiger charge is 2.41. The molecule has 0 saturated carbocycles. The van der Waals surface area contributed by atoms with E-state index in [2.05, 4.69) is 22.3 Å². The van der Waals surface area contributed by atoms with Gasteiger partial charge in [0.2, 0.25) is 0 Å². The molecular weight excluding hydrogens is 228 g/mol. The maximum absolute atomic E-state index is 12.5. The molecule has 2 atom stereocenters. The zero-order chi connectivity index (χ0) is 12.7. The molecule has 1 aromatic heterocycles. The van der Waals surface area contributed by atoms with Crippen molar-refractivity contribution in [2.24, 2.45) is 5.92 Å². The molecule has 3 rings (SSSR count). The smallest absolute Gasteiger partial charge is 0.185 e. The first-order chi connectivity index (χ1) is 8.70. The zero-order valence-corrected chi connectivity index (χ0v) is 11.0. The van der Waals surface area contributed by atoms with Gasteiger partial charge >= 0.3 is 0 Å². The molecule has 0 amide bonds. The van der Waals surface area contributed by atoms with E-state index < -0.39 is 0 Å². The van der Waals surface area contributed by atoms with Crippen LogP contribution in [0, 0.1) is 5.92 Å². The van der Waals surface area contributed by atoms with Crippen molar-refractivity contribution in [1.82, 2.24) is 19.9 Å². The molecule has 18 heavy (non-hydrogen) atoms. The van der Waals surface area contributed by atoms with Crippen LogP contribution in [-0.4, -0.2) is 44.8 Å². The minimum Gasteiger partial charge on any atom is -0.300 e. The number of carbonyl (C=O) groups excluding carboxylic acids is 1. The van der Waals surface area contributed by atoms with Crippen LogP contribution in [0.2, 0.25) is 0 Å². The van der Waals surface area contributed by atoms with E-state index in [-0.39, 0.29) is 11.7 Å². The van der Waals surface area contributed by atoms with Crippen LogP contribution < -0.4 is 0 Å². The summed E-state index contributed by atoms with van der Waals surface area (Å²) < 4.78 is 1.71. The molecule has 0 spiro atoms. The quantitative estimate of drug-likeness (QED) is 0.758. The number of aromatic nitrogens is 3. The summed E-state index contributed by atoms with van der Waals surface area (Å²) in [5.74, 6) is 0.411. The summed E-state index contributed by atoms with van der Waals surface area (Å²) in [5.41, 5.74) is 0.687. The molecule has 2 aliphatic heterocycles. The second kappa shape index (κ2) is 4.46. The Morgan fingerprint density at radius 1 is 1.39 bits per heavy atom. The third kappa shape index (κ3) is 1.77. The number of hydrogen-bond acceptors (Lipinski definition) is 4. The van der Waals surface area contributed by atoms with Crippen LogP contribution in [0.5, 0.6) is 0 Å². The molecule has 2 bridgehead atoms. The van der Waals surface area contributed by atoms with Crippen molar-refractivity contribution in [2.75, 3.05) is 7.05 Å². The molecule has 0 radical (unpaired) electrons. The lowest BCUT2D eigenvalue weighted by Crippen LogP contribution is -2.42. The maximum atomic E-state index is 12.5. The van der Waals surface area contributed by atoms with Crippen LogP contribution in [-0.2, 0) is 6.54 Å². The predicted molar refractivity (Wildman–Crippen MR) is 67.3 cm³/mol. The second-order valence-corrected chi connectivity index (χ2v) is 5.52. The Bertz CT molecular complexity index is 442. The summed E-state index contributed by atoms with van der Waals surface area (Å²) >= 11 is 0. The average Bonchev–Trinajstić information content (AvgIpc) is 2.90. The highest BCUT2D eigenvalue weighted by molar-refractivity contribution is 5.96. The van der Waals surface area contributed by atoms with Crippen molar-refractivity contribution < 1.29 is 4.79 Å². The minimum absolute atomic E-state index is 0.169. The van der Waals surface area contributed by atoms with Crippen molar-refractivity contribution in [3.8, 4) is 0 Å². The second-order valence-electron chi connectivity index (χ2n) is 5.52. The lowest BCUT2D eigenvalue weighted by Gasteiger charge is -2.35. The first kappa shape index (κ1) is 11.8. The summed E-state index contributed by atoms with van der Waals surface area (Å²) in [7, 11) is 2.20. The van der Waals surface area contributed by atoms with Crippen molar-refractivity contribution in [3.05, 3.63) is 11.9 Å². The van der Waals surface area contributed by atoms with Gasteiger partial charge in [-0.2, -0.15) is 0 Å². The largest absolute Gasteiger partial charge is 0.300 e. The average molecular weight is 248 g/mol. The van der Waals surface area contributed by atoms with E-state index in [1.807, 2.05) is 6.92 Å². The van der Waals surface area contributed by atoms with Crippen LogP contribution in [0.1, 0.15) is 43.1 Å². The van der Waals surface area contributed by atoms with Gasteiger partial charge in [0.15, 0.2) is 5.78 Å². The first-order valence-corrected chi connectivity index (χ1v) is 6.85. The molecule has 5 heteroatoms. The van der Waals surface area contributed by atoms with Crippen LogP contribution in [0.25, 0.3) is 0 Å². The summed E-state index contributed by atoms with van der Waals surface area (Å²) in [4.78, 5) is 15.0. The summed E-state index contributed by atoms with van der Waals surface area (Å²) in [6, 6.07) is 1.20. The summed E-state index contributed by atoms with van der Waals surface area (Å²) in [6.07, 6.45) is 6.11. The molecule has 0 aromatic carbocycles. The van der Waals surface area contributed by atoms with E-state index in [1.165, 1.54) is 12.8 Å². The van der Waals surface area contributed by atoms with Gasteiger partial charge in [-0.1, -0.05) is 5.21 Å². The van der Waals surface area contributed by atoms with Crippen molar-refractivity contribution in [2.45, 2.75) is 51.2 Å². The molecular formula is C13H20N4O. The highest BCUT2D eigenvalue weighted by Crippen LogP contribution is 2.38. The van der Waals surface area contributed by atoms with Crippen molar-refractivity contribution >= 4 is 5.78 Å². The summed E-state index contributed by atoms with van der Waals surface area (Å²) in [6.45, 7) is 2.70. The maximum Gasteiger partial charge on any atom is 0.185 e. The molecule has 98 valence electrons. The fourth-order valence-corrected chi connectivity index (χ4v) is 3.52. The normalized spacial score (nSPS) is 31.8. The van der Waals surface area contributed by atoms with E-state index in [1.54, 1.807) is 10.9 Å². The molecule has 3 heterocycles. The van der Waals surface area contributed by atoms with Gasteiger partial charge < -0.3 is 4.90 Å². The van der Waals surface area contributed by atoms with Crippen LogP contribution >= 0.6 is 0 Å². The Kier molecular flexibility index (Phi) is 2.93. The highest BCUT2D eigenvalue weighted by atomic mass is 16.1. The fraction of sp³-hybridized carbons (Fsp3) is 0.769. The first-order valence-electron chi connectivity index (χ1n) is 6.85. The Hall–Kier alpha value is -1.23. The van der Waals surface area contributed by atoms with E-state index in [0.717, 1.165) is 12.8 Å². The number of ketones is 1. The van der Waals surface area contributed by atoms with Crippen molar-refractivity contribution in [1.29, 1.82) is 0 Å². The standard InChI is InChI=1S/C13H20N4O/c1-3-17-12(8-14-15-17)13(18)9-6-10-4-5-11(7-9)16(10)2/h8-11H,3-7H2,1-2H3. The Morgan fingerprint density at radius 3 is 2.67 bits per heavy atom. The molecule has 0 N–H and O–H groups in total. The van der Waals surface area contributed by atoms with E-state index in [0.29, 0.717) is 24.3 Å². The van der Waals surface area contributed by atoms with Gasteiger partial charge in [0.05, 0.1) is 6.20 Å². The van der Waals surface area contributed by atoms with Gasteiger partial charge in [0.25, 0.3) is 0 Å².